The molecule has 142 valence electrons. The molecule has 0 unspecified atom stereocenters. The van der Waals surface area contributed by atoms with Gasteiger partial charge < -0.3 is 0 Å². The van der Waals surface area contributed by atoms with Crippen molar-refractivity contribution < 1.29 is 0 Å². The number of hydrogen-bond acceptors (Lipinski definition) is 3. The minimum Gasteiger partial charge on any atom is -0.287 e. The van der Waals surface area contributed by atoms with Crippen LogP contribution in [0, 0.1) is 0 Å². The van der Waals surface area contributed by atoms with Gasteiger partial charge in [-0.05, 0) is 53.1 Å². The second-order valence-corrected chi connectivity index (χ2v) is 9.69. The molecule has 0 radical (unpaired) electrons. The lowest BCUT2D eigenvalue weighted by Crippen LogP contribution is -2.05. The molecule has 0 atom stereocenters. The minimum absolute atomic E-state index is 0.980. The number of thioether (sulfide) groups is 1. The van der Waals surface area contributed by atoms with Crippen LogP contribution in [0.25, 0.3) is 48.0 Å². The summed E-state index contributed by atoms with van der Waals surface area (Å²) in [5.41, 5.74) is 7.32. The summed E-state index contributed by atoms with van der Waals surface area (Å²) in [6.45, 7) is 0. The first-order valence-corrected chi connectivity index (χ1v) is 11.8. The predicted molar refractivity (Wildman–Crippen MR) is 129 cm³/mol. The van der Waals surface area contributed by atoms with E-state index in [0.717, 1.165) is 16.4 Å². The summed E-state index contributed by atoms with van der Waals surface area (Å²) in [5.74, 6) is 0.980. The predicted octanol–water partition coefficient (Wildman–Crippen LogP) is 7.67. The van der Waals surface area contributed by atoms with Crippen molar-refractivity contribution in [1.82, 2.24) is 9.55 Å². The van der Waals surface area contributed by atoms with Crippen LogP contribution >= 0.6 is 23.1 Å². The van der Waals surface area contributed by atoms with Crippen molar-refractivity contribution in [1.29, 1.82) is 0 Å². The fourth-order valence-corrected chi connectivity index (χ4v) is 6.57. The van der Waals surface area contributed by atoms with Gasteiger partial charge in [0.05, 0.1) is 16.7 Å². The van der Waals surface area contributed by atoms with Gasteiger partial charge in [-0.15, -0.1) is 11.3 Å². The number of rotatable bonds is 1. The number of aromatic nitrogens is 2. The summed E-state index contributed by atoms with van der Waals surface area (Å²) in [6, 6.07) is 30.8. The average Bonchev–Trinajstić information content (AvgIpc) is 3.36. The Balaban J connectivity index is 1.41. The van der Waals surface area contributed by atoms with Gasteiger partial charge in [-0.25, -0.2) is 4.98 Å². The molecule has 1 aliphatic heterocycles. The third-order valence-corrected chi connectivity index (χ3v) is 8.06. The number of thiophene rings is 1. The summed E-state index contributed by atoms with van der Waals surface area (Å²) in [7, 11) is 0. The topological polar surface area (TPSA) is 17.8 Å². The molecule has 0 amide bonds. The quantitative estimate of drug-likeness (QED) is 0.272. The molecule has 0 bridgehead atoms. The maximum Gasteiger partial charge on any atom is 0.174 e. The lowest BCUT2D eigenvalue weighted by molar-refractivity contribution is 0.894. The largest absolute Gasteiger partial charge is 0.287 e. The molecule has 4 heteroatoms. The highest BCUT2D eigenvalue weighted by Crippen LogP contribution is 2.39. The van der Waals surface area contributed by atoms with Gasteiger partial charge in [0.1, 0.15) is 0 Å². The molecule has 2 nitrogen and oxygen atoms in total. The number of hydrogen-bond donors (Lipinski definition) is 0. The molecule has 0 N–H and O–H groups in total. The van der Waals surface area contributed by atoms with E-state index in [-0.39, 0.29) is 0 Å². The summed E-state index contributed by atoms with van der Waals surface area (Å²) in [5, 5.41) is 3.76. The van der Waals surface area contributed by atoms with Crippen LogP contribution in [-0.2, 0) is 5.75 Å². The number of nitrogens with zero attached hydrogens (tertiary/aromatic N) is 2. The zero-order chi connectivity index (χ0) is 19.7. The van der Waals surface area contributed by atoms with Gasteiger partial charge in [0.25, 0.3) is 0 Å². The van der Waals surface area contributed by atoms with E-state index in [1.165, 1.54) is 48.1 Å². The van der Waals surface area contributed by atoms with Crippen LogP contribution in [0.2, 0.25) is 0 Å². The van der Waals surface area contributed by atoms with Crippen LogP contribution in [0.5, 0.6) is 0 Å². The molecule has 7 rings (SSSR count). The summed E-state index contributed by atoms with van der Waals surface area (Å²) in [4.78, 5) is 4.97. The van der Waals surface area contributed by atoms with Gasteiger partial charge in [-0.2, -0.15) is 0 Å². The van der Waals surface area contributed by atoms with E-state index in [4.69, 9.17) is 4.98 Å². The van der Waals surface area contributed by atoms with Gasteiger partial charge in [0.2, 0.25) is 0 Å². The van der Waals surface area contributed by atoms with Crippen LogP contribution in [0.3, 0.4) is 0 Å². The van der Waals surface area contributed by atoms with Gasteiger partial charge in [-0.1, -0.05) is 60.3 Å². The number of benzene rings is 4. The Morgan fingerprint density at radius 1 is 0.733 bits per heavy atom. The third kappa shape index (κ3) is 2.35. The van der Waals surface area contributed by atoms with E-state index in [0.29, 0.717) is 0 Å². The zero-order valence-corrected chi connectivity index (χ0v) is 17.6. The Morgan fingerprint density at radius 3 is 2.53 bits per heavy atom. The number of para-hydroxylation sites is 1. The molecule has 4 aromatic carbocycles. The molecule has 0 saturated heterocycles. The molecule has 1 aliphatic rings. The zero-order valence-electron chi connectivity index (χ0n) is 16.0. The van der Waals surface area contributed by atoms with Gasteiger partial charge in [0, 0.05) is 25.9 Å². The minimum atomic E-state index is 0.980. The van der Waals surface area contributed by atoms with E-state index in [9.17, 15) is 0 Å². The Bertz CT molecular complexity index is 1610. The van der Waals surface area contributed by atoms with Crippen LogP contribution in [-0.4, -0.2) is 9.55 Å². The highest BCUT2D eigenvalue weighted by atomic mass is 32.2. The Hall–Kier alpha value is -3.08. The van der Waals surface area contributed by atoms with Crippen molar-refractivity contribution in [3.63, 3.8) is 0 Å². The molecule has 0 spiro atoms. The van der Waals surface area contributed by atoms with Gasteiger partial charge in [-0.3, -0.25) is 4.57 Å². The molecular formula is C26H16N2S2. The molecule has 30 heavy (non-hydrogen) atoms. The van der Waals surface area contributed by atoms with E-state index in [1.807, 2.05) is 23.1 Å². The van der Waals surface area contributed by atoms with Crippen LogP contribution < -0.4 is 0 Å². The summed E-state index contributed by atoms with van der Waals surface area (Å²) >= 11 is 3.68. The van der Waals surface area contributed by atoms with E-state index in [1.54, 1.807) is 0 Å². The SMILES string of the molecule is c1ccc2c(c1)CSc1nc3cc(-c4ccc5sc6ccccc6c5c4)ccc3n1-2. The monoisotopic (exact) mass is 420 g/mol. The average molecular weight is 421 g/mol. The van der Waals surface area contributed by atoms with Crippen molar-refractivity contribution in [3.8, 4) is 16.8 Å². The standard InChI is InChI=1S/C26H16N2S2/c1-3-7-22-18(5-1)15-29-26-27-21-14-17(9-11-23(21)28(22)26)16-10-12-25-20(13-16)19-6-2-4-8-24(19)30-25/h1-14H,15H2. The second-order valence-electron chi connectivity index (χ2n) is 7.66. The highest BCUT2D eigenvalue weighted by Gasteiger charge is 2.20. The first kappa shape index (κ1) is 16.7. The fraction of sp³-hybridized carbons (Fsp3) is 0.0385. The van der Waals surface area contributed by atoms with Crippen LogP contribution in [0.1, 0.15) is 5.56 Å². The first-order chi connectivity index (χ1) is 14.8. The molecular weight excluding hydrogens is 404 g/mol. The molecule has 2 aromatic heterocycles. The smallest absolute Gasteiger partial charge is 0.174 e. The number of imidazole rings is 1. The first-order valence-electron chi connectivity index (χ1n) is 10.0. The van der Waals surface area contributed by atoms with Crippen molar-refractivity contribution in [2.24, 2.45) is 0 Å². The number of fused-ring (bicyclic) bond motifs is 8. The maximum atomic E-state index is 4.97. The normalized spacial score (nSPS) is 13.1. The summed E-state index contributed by atoms with van der Waals surface area (Å²) in [6.07, 6.45) is 0. The van der Waals surface area contributed by atoms with Gasteiger partial charge >= 0.3 is 0 Å². The Labute approximate surface area is 181 Å². The van der Waals surface area contributed by atoms with Crippen molar-refractivity contribution in [2.75, 3.05) is 0 Å². The van der Waals surface area contributed by atoms with E-state index < -0.39 is 0 Å². The molecule has 0 saturated carbocycles. The van der Waals surface area contributed by atoms with E-state index in [2.05, 4.69) is 89.5 Å². The molecule has 6 aromatic rings. The Kier molecular flexibility index (Phi) is 3.45. The fourth-order valence-electron chi connectivity index (χ4n) is 4.47. The second kappa shape index (κ2) is 6.21. The highest BCUT2D eigenvalue weighted by molar-refractivity contribution is 7.98. The van der Waals surface area contributed by atoms with Crippen LogP contribution in [0.15, 0.2) is 90.1 Å². The lowest BCUT2D eigenvalue weighted by atomic mass is 10.0. The Morgan fingerprint density at radius 2 is 1.53 bits per heavy atom. The third-order valence-electron chi connectivity index (χ3n) is 5.92. The van der Waals surface area contributed by atoms with Crippen molar-refractivity contribution in [2.45, 2.75) is 10.9 Å². The van der Waals surface area contributed by atoms with Gasteiger partial charge in [0.15, 0.2) is 5.16 Å². The molecule has 0 aliphatic carbocycles. The van der Waals surface area contributed by atoms with Crippen LogP contribution in [0.4, 0.5) is 0 Å². The summed E-state index contributed by atoms with van der Waals surface area (Å²) < 4.78 is 4.99. The van der Waals surface area contributed by atoms with Crippen molar-refractivity contribution >= 4 is 54.3 Å². The molecule has 3 heterocycles. The lowest BCUT2D eigenvalue weighted by Gasteiger charge is -2.18. The van der Waals surface area contributed by atoms with E-state index >= 15 is 0 Å². The molecule has 0 fully saturated rings. The maximum absolute atomic E-state index is 4.97. The van der Waals surface area contributed by atoms with Crippen molar-refractivity contribution in [3.05, 3.63) is 90.5 Å².